The first-order chi connectivity index (χ1) is 13.6. The summed E-state index contributed by atoms with van der Waals surface area (Å²) < 4.78 is 0. The van der Waals surface area contributed by atoms with E-state index >= 15 is 0 Å². The van der Waals surface area contributed by atoms with E-state index < -0.39 is 5.54 Å². The molecule has 1 N–H and O–H groups in total. The molecule has 1 aromatic carbocycles. The van der Waals surface area contributed by atoms with Crippen LogP contribution in [0.2, 0.25) is 0 Å². The summed E-state index contributed by atoms with van der Waals surface area (Å²) in [5.74, 6) is 0.0747. The molecule has 4 amide bonds. The van der Waals surface area contributed by atoms with Gasteiger partial charge in [-0.15, -0.1) is 0 Å². The summed E-state index contributed by atoms with van der Waals surface area (Å²) in [5, 5.41) is 2.99. The zero-order valence-corrected chi connectivity index (χ0v) is 16.4. The number of imide groups is 1. The van der Waals surface area contributed by atoms with Crippen molar-refractivity contribution in [3.8, 4) is 0 Å². The van der Waals surface area contributed by atoms with E-state index in [0.29, 0.717) is 26.1 Å². The fourth-order valence-electron chi connectivity index (χ4n) is 4.87. The number of amides is 4. The molecule has 1 unspecified atom stereocenters. The fraction of sp³-hybridized carbons (Fsp3) is 0.591. The van der Waals surface area contributed by atoms with Crippen LogP contribution in [0.3, 0.4) is 0 Å². The lowest BCUT2D eigenvalue weighted by Crippen LogP contribution is -2.46. The van der Waals surface area contributed by atoms with Gasteiger partial charge in [0.15, 0.2) is 0 Å². The van der Waals surface area contributed by atoms with Crippen LogP contribution in [0.15, 0.2) is 30.3 Å². The number of carbonyl (C=O) groups excluding carboxylic acids is 3. The summed E-state index contributed by atoms with van der Waals surface area (Å²) in [6.07, 6.45) is 6.92. The highest BCUT2D eigenvalue weighted by Crippen LogP contribution is 2.33. The number of carbonyl (C=O) groups is 3. The zero-order valence-electron chi connectivity index (χ0n) is 16.4. The van der Waals surface area contributed by atoms with Crippen molar-refractivity contribution in [1.82, 2.24) is 15.1 Å². The van der Waals surface area contributed by atoms with Crippen molar-refractivity contribution < 1.29 is 14.4 Å². The molecule has 1 aliphatic carbocycles. The highest BCUT2D eigenvalue weighted by atomic mass is 16.2. The molecule has 1 spiro atoms. The number of hydrogen-bond donors (Lipinski definition) is 1. The van der Waals surface area contributed by atoms with Crippen LogP contribution in [-0.4, -0.2) is 52.8 Å². The van der Waals surface area contributed by atoms with Gasteiger partial charge in [0.1, 0.15) is 5.54 Å². The van der Waals surface area contributed by atoms with Crippen LogP contribution in [0.25, 0.3) is 0 Å². The average molecular weight is 383 g/mol. The van der Waals surface area contributed by atoms with Gasteiger partial charge in [-0.25, -0.2) is 4.79 Å². The fourth-order valence-corrected chi connectivity index (χ4v) is 4.87. The Kier molecular flexibility index (Phi) is 5.38. The van der Waals surface area contributed by atoms with Gasteiger partial charge in [0.05, 0.1) is 0 Å². The highest BCUT2D eigenvalue weighted by Gasteiger charge is 2.51. The van der Waals surface area contributed by atoms with Crippen LogP contribution < -0.4 is 5.32 Å². The number of rotatable bonds is 5. The van der Waals surface area contributed by atoms with E-state index in [2.05, 4.69) is 17.4 Å². The number of urea groups is 1. The normalized spacial score (nSPS) is 24.7. The van der Waals surface area contributed by atoms with Crippen LogP contribution in [0.1, 0.15) is 50.5 Å². The predicted octanol–water partition coefficient (Wildman–Crippen LogP) is 2.72. The third kappa shape index (κ3) is 3.77. The van der Waals surface area contributed by atoms with Crippen LogP contribution in [0.4, 0.5) is 4.79 Å². The van der Waals surface area contributed by atoms with Gasteiger partial charge in [0.2, 0.25) is 5.91 Å². The Balaban J connectivity index is 1.35. The Labute approximate surface area is 166 Å². The minimum absolute atomic E-state index is 0.0268. The third-order valence-electron chi connectivity index (χ3n) is 6.45. The van der Waals surface area contributed by atoms with Crippen LogP contribution >= 0.6 is 0 Å². The van der Waals surface area contributed by atoms with E-state index in [4.69, 9.17) is 0 Å². The number of nitrogens with one attached hydrogen (secondary N) is 1. The monoisotopic (exact) mass is 383 g/mol. The molecule has 28 heavy (non-hydrogen) atoms. The topological polar surface area (TPSA) is 69.7 Å². The molecule has 4 rings (SSSR count). The highest BCUT2D eigenvalue weighted by molar-refractivity contribution is 6.07. The van der Waals surface area contributed by atoms with Crippen molar-refractivity contribution in [2.45, 2.75) is 56.9 Å². The smallest absolute Gasteiger partial charge is 0.325 e. The van der Waals surface area contributed by atoms with Crippen LogP contribution in [0, 0.1) is 5.92 Å². The molecular weight excluding hydrogens is 354 g/mol. The lowest BCUT2D eigenvalue weighted by molar-refractivity contribution is -0.132. The Bertz CT molecular complexity index is 741. The number of hydrogen-bond acceptors (Lipinski definition) is 3. The average Bonchev–Trinajstić information content (AvgIpc) is 3.02. The molecule has 3 fully saturated rings. The van der Waals surface area contributed by atoms with Crippen molar-refractivity contribution in [3.63, 3.8) is 0 Å². The molecule has 0 aromatic heterocycles. The summed E-state index contributed by atoms with van der Waals surface area (Å²) in [4.78, 5) is 41.2. The molecule has 6 nitrogen and oxygen atoms in total. The van der Waals surface area contributed by atoms with Gasteiger partial charge >= 0.3 is 6.03 Å². The van der Waals surface area contributed by atoms with E-state index in [1.165, 1.54) is 10.5 Å². The maximum atomic E-state index is 13.1. The van der Waals surface area contributed by atoms with E-state index in [0.717, 1.165) is 44.9 Å². The second-order valence-electron chi connectivity index (χ2n) is 8.49. The van der Waals surface area contributed by atoms with E-state index in [1.54, 1.807) is 0 Å². The first-order valence-electron chi connectivity index (χ1n) is 10.5. The quantitative estimate of drug-likeness (QED) is 0.795. The van der Waals surface area contributed by atoms with Gasteiger partial charge in [-0.2, -0.15) is 0 Å². The zero-order chi connectivity index (χ0) is 19.6. The first-order valence-corrected chi connectivity index (χ1v) is 10.5. The second-order valence-corrected chi connectivity index (χ2v) is 8.49. The van der Waals surface area contributed by atoms with Gasteiger partial charge < -0.3 is 10.2 Å². The van der Waals surface area contributed by atoms with Crippen LogP contribution in [0.5, 0.6) is 0 Å². The lowest BCUT2D eigenvalue weighted by Gasteiger charge is -2.25. The Morgan fingerprint density at radius 1 is 1.00 bits per heavy atom. The lowest BCUT2D eigenvalue weighted by atomic mass is 9.90. The Hall–Kier alpha value is -2.37. The maximum absolute atomic E-state index is 13.1. The van der Waals surface area contributed by atoms with Crippen molar-refractivity contribution in [1.29, 1.82) is 0 Å². The minimum atomic E-state index is -0.691. The summed E-state index contributed by atoms with van der Waals surface area (Å²) in [7, 11) is 0. The van der Waals surface area contributed by atoms with Crippen molar-refractivity contribution >= 4 is 17.8 Å². The van der Waals surface area contributed by atoms with Gasteiger partial charge in [-0.1, -0.05) is 56.0 Å². The van der Waals surface area contributed by atoms with Gasteiger partial charge in [-0.05, 0) is 24.8 Å². The van der Waals surface area contributed by atoms with Crippen molar-refractivity contribution in [3.05, 3.63) is 35.9 Å². The molecule has 2 saturated heterocycles. The van der Waals surface area contributed by atoms with E-state index in [9.17, 15) is 14.4 Å². The largest absolute Gasteiger partial charge is 0.342 e. The molecule has 1 atom stereocenters. The SMILES string of the molecule is O=C1CC(CN2C(=O)NC3(CCCCCC3)C2=O)CN1CCc1ccccc1. The summed E-state index contributed by atoms with van der Waals surface area (Å²) in [6, 6.07) is 9.85. The van der Waals surface area contributed by atoms with E-state index in [1.807, 2.05) is 23.1 Å². The molecule has 3 aliphatic rings. The molecule has 6 heteroatoms. The van der Waals surface area contributed by atoms with Gasteiger partial charge in [0.25, 0.3) is 5.91 Å². The maximum Gasteiger partial charge on any atom is 0.325 e. The number of nitrogens with zero attached hydrogens (tertiary/aromatic N) is 2. The molecule has 2 aliphatic heterocycles. The number of benzene rings is 1. The number of likely N-dealkylation sites (tertiary alicyclic amines) is 1. The molecule has 150 valence electrons. The predicted molar refractivity (Wildman–Crippen MR) is 106 cm³/mol. The Morgan fingerprint density at radius 3 is 2.43 bits per heavy atom. The molecule has 0 bridgehead atoms. The Morgan fingerprint density at radius 2 is 1.71 bits per heavy atom. The summed E-state index contributed by atoms with van der Waals surface area (Å²) in [6.45, 7) is 1.65. The minimum Gasteiger partial charge on any atom is -0.342 e. The molecule has 2 heterocycles. The molecule has 1 saturated carbocycles. The van der Waals surface area contributed by atoms with Crippen molar-refractivity contribution in [2.24, 2.45) is 5.92 Å². The molecule has 0 radical (unpaired) electrons. The summed E-state index contributed by atoms with van der Waals surface area (Å²) >= 11 is 0. The van der Waals surface area contributed by atoms with E-state index in [-0.39, 0.29) is 23.8 Å². The van der Waals surface area contributed by atoms with Gasteiger partial charge in [-0.3, -0.25) is 14.5 Å². The summed E-state index contributed by atoms with van der Waals surface area (Å²) in [5.41, 5.74) is 0.520. The second kappa shape index (κ2) is 7.94. The van der Waals surface area contributed by atoms with Crippen molar-refractivity contribution in [2.75, 3.05) is 19.6 Å². The van der Waals surface area contributed by atoms with Gasteiger partial charge in [0, 0.05) is 32.0 Å². The molecular formula is C22H29N3O3. The first kappa shape index (κ1) is 19.0. The third-order valence-corrected chi connectivity index (χ3v) is 6.45. The molecule has 1 aromatic rings. The van der Waals surface area contributed by atoms with Crippen LogP contribution in [-0.2, 0) is 16.0 Å². The standard InChI is InChI=1S/C22H29N3O3/c26-19-14-18(15-24(19)13-10-17-8-4-3-5-9-17)16-25-20(27)22(23-21(25)28)11-6-1-2-7-12-22/h3-5,8-9,18H,1-2,6-7,10-16H2,(H,23,28).